The molecule has 5 heteroatoms. The Morgan fingerprint density at radius 2 is 2.09 bits per heavy atom. The minimum atomic E-state index is -0.111. The number of benzene rings is 2. The lowest BCUT2D eigenvalue weighted by atomic mass is 10.1. The zero-order valence-electron chi connectivity index (χ0n) is 12.4. The number of aryl methyl sites for hydroxylation is 1. The first-order chi connectivity index (χ1) is 10.7. The Morgan fingerprint density at radius 1 is 1.27 bits per heavy atom. The van der Waals surface area contributed by atoms with E-state index in [0.29, 0.717) is 22.9 Å². The lowest BCUT2D eigenvalue weighted by molar-refractivity contribution is -0.115. The van der Waals surface area contributed by atoms with E-state index in [2.05, 4.69) is 10.3 Å². The van der Waals surface area contributed by atoms with Crippen LogP contribution in [0.4, 0.5) is 5.69 Å². The van der Waals surface area contributed by atoms with E-state index < -0.39 is 0 Å². The zero-order chi connectivity index (χ0) is 15.5. The second kappa shape index (κ2) is 5.89. The van der Waals surface area contributed by atoms with Gasteiger partial charge in [0.15, 0.2) is 11.5 Å². The number of aromatic nitrogens is 1. The number of amides is 1. The number of hydrogen-bond donors (Lipinski definition) is 1. The van der Waals surface area contributed by atoms with E-state index in [-0.39, 0.29) is 12.3 Å². The summed E-state index contributed by atoms with van der Waals surface area (Å²) in [6, 6.07) is 12.9. The molecule has 0 fully saturated rings. The smallest absolute Gasteiger partial charge is 0.228 e. The SMILES string of the molecule is COc1ccccc1NC(=O)Cc1ccc2nc(C)oc2c1. The van der Waals surface area contributed by atoms with Gasteiger partial charge in [0.1, 0.15) is 11.3 Å². The maximum atomic E-state index is 12.2. The van der Waals surface area contributed by atoms with E-state index in [9.17, 15) is 4.79 Å². The Bertz CT molecular complexity index is 824. The number of hydrogen-bond acceptors (Lipinski definition) is 4. The van der Waals surface area contributed by atoms with Crippen LogP contribution in [0.15, 0.2) is 46.9 Å². The van der Waals surface area contributed by atoms with Crippen molar-refractivity contribution < 1.29 is 13.9 Å². The van der Waals surface area contributed by atoms with Crippen molar-refractivity contribution in [1.82, 2.24) is 4.98 Å². The summed E-state index contributed by atoms with van der Waals surface area (Å²) in [5.74, 6) is 1.14. The molecule has 0 aliphatic rings. The summed E-state index contributed by atoms with van der Waals surface area (Å²) in [5, 5.41) is 2.85. The van der Waals surface area contributed by atoms with Gasteiger partial charge < -0.3 is 14.5 Å². The third-order valence-corrected chi connectivity index (χ3v) is 3.31. The molecule has 0 bridgehead atoms. The van der Waals surface area contributed by atoms with Crippen LogP contribution in [-0.4, -0.2) is 18.0 Å². The molecule has 1 amide bonds. The van der Waals surface area contributed by atoms with Crippen LogP contribution in [0.3, 0.4) is 0 Å². The number of anilines is 1. The maximum Gasteiger partial charge on any atom is 0.228 e. The van der Waals surface area contributed by atoms with Gasteiger partial charge in [-0.15, -0.1) is 0 Å². The normalized spacial score (nSPS) is 10.6. The van der Waals surface area contributed by atoms with Gasteiger partial charge in [-0.1, -0.05) is 18.2 Å². The second-order valence-corrected chi connectivity index (χ2v) is 4.96. The Hall–Kier alpha value is -2.82. The highest BCUT2D eigenvalue weighted by molar-refractivity contribution is 5.94. The molecule has 112 valence electrons. The molecule has 0 saturated heterocycles. The second-order valence-electron chi connectivity index (χ2n) is 4.96. The molecule has 1 N–H and O–H groups in total. The fourth-order valence-corrected chi connectivity index (χ4v) is 2.32. The number of methoxy groups -OCH3 is 1. The summed E-state index contributed by atoms with van der Waals surface area (Å²) < 4.78 is 10.7. The molecule has 0 aliphatic heterocycles. The summed E-state index contributed by atoms with van der Waals surface area (Å²) in [5.41, 5.74) is 3.02. The largest absolute Gasteiger partial charge is 0.495 e. The fourth-order valence-electron chi connectivity index (χ4n) is 2.32. The van der Waals surface area contributed by atoms with Crippen LogP contribution in [0.5, 0.6) is 5.75 Å². The number of rotatable bonds is 4. The number of oxazole rings is 1. The monoisotopic (exact) mass is 296 g/mol. The molecule has 0 unspecified atom stereocenters. The van der Waals surface area contributed by atoms with Gasteiger partial charge >= 0.3 is 0 Å². The highest BCUT2D eigenvalue weighted by Gasteiger charge is 2.09. The molecule has 0 aliphatic carbocycles. The van der Waals surface area contributed by atoms with Crippen molar-refractivity contribution >= 4 is 22.7 Å². The third-order valence-electron chi connectivity index (χ3n) is 3.31. The van der Waals surface area contributed by atoms with Gasteiger partial charge in [0, 0.05) is 6.92 Å². The number of fused-ring (bicyclic) bond motifs is 1. The molecule has 1 heterocycles. The minimum Gasteiger partial charge on any atom is -0.495 e. The summed E-state index contributed by atoms with van der Waals surface area (Å²) >= 11 is 0. The Balaban J connectivity index is 1.75. The van der Waals surface area contributed by atoms with Crippen molar-refractivity contribution in [2.75, 3.05) is 12.4 Å². The van der Waals surface area contributed by atoms with Gasteiger partial charge in [0.25, 0.3) is 0 Å². The molecule has 3 aromatic rings. The van der Waals surface area contributed by atoms with Crippen molar-refractivity contribution in [3.63, 3.8) is 0 Å². The molecule has 0 saturated carbocycles. The minimum absolute atomic E-state index is 0.111. The lowest BCUT2D eigenvalue weighted by Crippen LogP contribution is -2.14. The van der Waals surface area contributed by atoms with Crippen LogP contribution in [0.1, 0.15) is 11.5 Å². The van der Waals surface area contributed by atoms with Gasteiger partial charge in [-0.05, 0) is 29.8 Å². The van der Waals surface area contributed by atoms with E-state index in [0.717, 1.165) is 11.1 Å². The predicted octanol–water partition coefficient (Wildman–Crippen LogP) is 3.33. The number of ether oxygens (including phenoxy) is 1. The highest BCUT2D eigenvalue weighted by atomic mass is 16.5. The molecular weight excluding hydrogens is 280 g/mol. The summed E-state index contributed by atoms with van der Waals surface area (Å²) in [6.45, 7) is 1.80. The highest BCUT2D eigenvalue weighted by Crippen LogP contribution is 2.23. The van der Waals surface area contributed by atoms with Crippen LogP contribution in [0.2, 0.25) is 0 Å². The van der Waals surface area contributed by atoms with Gasteiger partial charge in [-0.25, -0.2) is 4.98 Å². The van der Waals surface area contributed by atoms with Gasteiger partial charge in [-0.3, -0.25) is 4.79 Å². The van der Waals surface area contributed by atoms with Gasteiger partial charge in [0.05, 0.1) is 19.2 Å². The lowest BCUT2D eigenvalue weighted by Gasteiger charge is -2.09. The maximum absolute atomic E-state index is 12.2. The molecule has 22 heavy (non-hydrogen) atoms. The number of carbonyl (C=O) groups is 1. The first-order valence-corrected chi connectivity index (χ1v) is 6.94. The average molecular weight is 296 g/mol. The predicted molar refractivity (Wildman–Crippen MR) is 84.1 cm³/mol. The molecule has 1 aromatic heterocycles. The summed E-state index contributed by atoms with van der Waals surface area (Å²) in [6.07, 6.45) is 0.258. The van der Waals surface area contributed by atoms with Crippen LogP contribution in [0.25, 0.3) is 11.1 Å². The van der Waals surface area contributed by atoms with E-state index in [1.165, 1.54) is 0 Å². The molecule has 0 atom stereocenters. The molecule has 0 radical (unpaired) electrons. The summed E-state index contributed by atoms with van der Waals surface area (Å²) in [7, 11) is 1.57. The van der Waals surface area contributed by atoms with E-state index in [1.807, 2.05) is 30.3 Å². The Labute approximate surface area is 127 Å². The third kappa shape index (κ3) is 2.93. The van der Waals surface area contributed by atoms with Crippen molar-refractivity contribution in [2.24, 2.45) is 0 Å². The van der Waals surface area contributed by atoms with E-state index >= 15 is 0 Å². The Kier molecular flexibility index (Phi) is 3.78. The topological polar surface area (TPSA) is 64.4 Å². The van der Waals surface area contributed by atoms with Crippen molar-refractivity contribution in [2.45, 2.75) is 13.3 Å². The molecule has 0 spiro atoms. The van der Waals surface area contributed by atoms with Crippen LogP contribution in [0, 0.1) is 6.92 Å². The standard InChI is InChI=1S/C17H16N2O3/c1-11-18-14-8-7-12(9-16(14)22-11)10-17(20)19-13-5-3-4-6-15(13)21-2/h3-9H,10H2,1-2H3,(H,19,20). The number of carbonyl (C=O) groups excluding carboxylic acids is 1. The Morgan fingerprint density at radius 3 is 2.91 bits per heavy atom. The van der Waals surface area contributed by atoms with Crippen molar-refractivity contribution in [3.05, 3.63) is 53.9 Å². The first kappa shape index (κ1) is 14.1. The first-order valence-electron chi connectivity index (χ1n) is 6.94. The summed E-state index contributed by atoms with van der Waals surface area (Å²) in [4.78, 5) is 16.4. The van der Waals surface area contributed by atoms with Crippen LogP contribution in [-0.2, 0) is 11.2 Å². The van der Waals surface area contributed by atoms with Gasteiger partial charge in [0.2, 0.25) is 5.91 Å². The van der Waals surface area contributed by atoms with Crippen LogP contribution >= 0.6 is 0 Å². The fraction of sp³-hybridized carbons (Fsp3) is 0.176. The van der Waals surface area contributed by atoms with Crippen molar-refractivity contribution in [3.8, 4) is 5.75 Å². The quantitative estimate of drug-likeness (QED) is 0.802. The van der Waals surface area contributed by atoms with Crippen LogP contribution < -0.4 is 10.1 Å². The number of para-hydroxylation sites is 2. The van der Waals surface area contributed by atoms with E-state index in [1.54, 1.807) is 26.2 Å². The van der Waals surface area contributed by atoms with Gasteiger partial charge in [-0.2, -0.15) is 0 Å². The molecule has 5 nitrogen and oxygen atoms in total. The number of nitrogens with zero attached hydrogens (tertiary/aromatic N) is 1. The number of nitrogens with one attached hydrogen (secondary N) is 1. The molecule has 2 aromatic carbocycles. The van der Waals surface area contributed by atoms with Crippen molar-refractivity contribution in [1.29, 1.82) is 0 Å². The average Bonchev–Trinajstić information content (AvgIpc) is 2.87. The van der Waals surface area contributed by atoms with E-state index in [4.69, 9.17) is 9.15 Å². The molecular formula is C17H16N2O3. The zero-order valence-corrected chi connectivity index (χ0v) is 12.4. The molecule has 3 rings (SSSR count).